The van der Waals surface area contributed by atoms with Crippen LogP contribution in [0.15, 0.2) is 47.7 Å². The molecule has 1 aromatic heterocycles. The van der Waals surface area contributed by atoms with E-state index in [2.05, 4.69) is 10.2 Å². The fourth-order valence-electron chi connectivity index (χ4n) is 4.44. The van der Waals surface area contributed by atoms with Crippen LogP contribution in [0.4, 0.5) is 4.79 Å². The minimum Gasteiger partial charge on any atom is -0.379 e. The highest BCUT2D eigenvalue weighted by Crippen LogP contribution is 2.33. The molecule has 0 spiro atoms. The summed E-state index contributed by atoms with van der Waals surface area (Å²) in [6.07, 6.45) is 2.54. The van der Waals surface area contributed by atoms with Crippen molar-refractivity contribution in [2.75, 3.05) is 52.5 Å². The predicted octanol–water partition coefficient (Wildman–Crippen LogP) is 2.72. The number of hydrogen-bond donors (Lipinski definition) is 1. The molecule has 2 aromatic rings. The summed E-state index contributed by atoms with van der Waals surface area (Å²) in [4.78, 5) is 30.2. The van der Waals surface area contributed by atoms with Crippen LogP contribution in [0.3, 0.4) is 0 Å². The number of aromatic nitrogens is 1. The van der Waals surface area contributed by atoms with E-state index in [1.54, 1.807) is 4.90 Å². The van der Waals surface area contributed by atoms with Gasteiger partial charge in [-0.05, 0) is 36.8 Å². The highest BCUT2D eigenvalue weighted by atomic mass is 35.5. The number of nitrogens with one attached hydrogen (secondary N) is 1. The first-order valence-corrected chi connectivity index (χ1v) is 12.4. The molecule has 3 amide bonds. The Kier molecular flexibility index (Phi) is 8.43. The smallest absolute Gasteiger partial charge is 0.317 e. The van der Waals surface area contributed by atoms with Crippen molar-refractivity contribution in [2.24, 2.45) is 12.1 Å². The zero-order valence-corrected chi connectivity index (χ0v) is 21.1. The fraction of sp³-hybridized carbons (Fsp3) is 0.480. The Balaban J connectivity index is 1.54. The summed E-state index contributed by atoms with van der Waals surface area (Å²) in [7, 11) is 1.96. The minimum absolute atomic E-state index is 0.0514. The molecule has 35 heavy (non-hydrogen) atoms. The highest BCUT2D eigenvalue weighted by Gasteiger charge is 2.35. The molecule has 1 atom stereocenters. The van der Waals surface area contributed by atoms with Crippen molar-refractivity contribution in [3.8, 4) is 0 Å². The fourth-order valence-corrected chi connectivity index (χ4v) is 4.56. The number of hydrazone groups is 1. The molecule has 1 fully saturated rings. The monoisotopic (exact) mass is 500 g/mol. The molecular weight excluding hydrogens is 468 g/mol. The van der Waals surface area contributed by atoms with Crippen LogP contribution in [-0.4, -0.2) is 89.5 Å². The first-order valence-electron chi connectivity index (χ1n) is 12.1. The van der Waals surface area contributed by atoms with Gasteiger partial charge in [0.1, 0.15) is 6.54 Å². The van der Waals surface area contributed by atoms with Crippen LogP contribution in [0.2, 0.25) is 5.02 Å². The van der Waals surface area contributed by atoms with E-state index in [0.29, 0.717) is 44.3 Å². The van der Waals surface area contributed by atoms with Crippen molar-refractivity contribution in [1.82, 2.24) is 24.7 Å². The second kappa shape index (κ2) is 11.7. The first kappa shape index (κ1) is 25.2. The van der Waals surface area contributed by atoms with Crippen LogP contribution < -0.4 is 5.32 Å². The van der Waals surface area contributed by atoms with Gasteiger partial charge in [0.25, 0.3) is 5.91 Å². The average molecular weight is 501 g/mol. The summed E-state index contributed by atoms with van der Waals surface area (Å²) in [6.45, 7) is 6.47. The third-order valence-electron chi connectivity index (χ3n) is 6.39. The second-order valence-corrected chi connectivity index (χ2v) is 9.21. The zero-order valence-electron chi connectivity index (χ0n) is 20.3. The van der Waals surface area contributed by atoms with E-state index in [4.69, 9.17) is 21.4 Å². The number of amides is 3. The summed E-state index contributed by atoms with van der Waals surface area (Å²) >= 11 is 6.10. The maximum Gasteiger partial charge on any atom is 0.317 e. The Bertz CT molecular complexity index is 1050. The molecule has 2 aliphatic rings. The van der Waals surface area contributed by atoms with E-state index in [1.807, 2.05) is 61.1 Å². The molecule has 0 saturated carbocycles. The van der Waals surface area contributed by atoms with Gasteiger partial charge < -0.3 is 19.5 Å². The molecule has 4 rings (SSSR count). The Morgan fingerprint density at radius 3 is 2.60 bits per heavy atom. The predicted molar refractivity (Wildman–Crippen MR) is 136 cm³/mol. The maximum atomic E-state index is 13.6. The Morgan fingerprint density at radius 2 is 1.94 bits per heavy atom. The second-order valence-electron chi connectivity index (χ2n) is 8.77. The third kappa shape index (κ3) is 6.22. The molecular formula is C25H33ClN6O3. The van der Waals surface area contributed by atoms with Crippen molar-refractivity contribution in [3.05, 3.63) is 58.9 Å². The summed E-state index contributed by atoms with van der Waals surface area (Å²) < 4.78 is 7.41. The number of morpholine rings is 1. The minimum atomic E-state index is -0.264. The van der Waals surface area contributed by atoms with Gasteiger partial charge in [-0.3, -0.25) is 9.69 Å². The average Bonchev–Trinajstić information content (AvgIpc) is 3.49. The van der Waals surface area contributed by atoms with Crippen molar-refractivity contribution in [2.45, 2.75) is 19.4 Å². The lowest BCUT2D eigenvalue weighted by Gasteiger charge is -2.31. The quantitative estimate of drug-likeness (QED) is 0.604. The molecule has 0 aliphatic carbocycles. The molecule has 0 unspecified atom stereocenters. The SMILES string of the molecule is CCNC(=O)N(CCN1CCOCC1)CC(=O)N1N=C(c2cccn2C)C[C@@H]1c1ccc(Cl)cc1. The van der Waals surface area contributed by atoms with Gasteiger partial charge in [-0.1, -0.05) is 23.7 Å². The highest BCUT2D eigenvalue weighted by molar-refractivity contribution is 6.30. The van der Waals surface area contributed by atoms with Gasteiger partial charge in [0.15, 0.2) is 0 Å². The van der Waals surface area contributed by atoms with E-state index in [0.717, 1.165) is 30.1 Å². The van der Waals surface area contributed by atoms with E-state index < -0.39 is 0 Å². The van der Waals surface area contributed by atoms with Crippen LogP contribution in [-0.2, 0) is 16.6 Å². The third-order valence-corrected chi connectivity index (χ3v) is 6.64. The summed E-state index contributed by atoms with van der Waals surface area (Å²) in [6, 6.07) is 10.9. The van der Waals surface area contributed by atoms with E-state index in [9.17, 15) is 9.59 Å². The molecule has 1 saturated heterocycles. The molecule has 0 radical (unpaired) electrons. The number of carbonyl (C=O) groups excluding carboxylic acids is 2. The van der Waals surface area contributed by atoms with E-state index in [-0.39, 0.29) is 24.5 Å². The molecule has 1 N–H and O–H groups in total. The Hall–Kier alpha value is -2.88. The van der Waals surface area contributed by atoms with Gasteiger partial charge >= 0.3 is 6.03 Å². The number of ether oxygens (including phenoxy) is 1. The van der Waals surface area contributed by atoms with Crippen LogP contribution >= 0.6 is 11.6 Å². The van der Waals surface area contributed by atoms with Crippen LogP contribution in [0.1, 0.15) is 30.6 Å². The number of aryl methyl sites for hydroxylation is 1. The number of carbonyl (C=O) groups is 2. The summed E-state index contributed by atoms with van der Waals surface area (Å²) in [5.74, 6) is -0.220. The van der Waals surface area contributed by atoms with Crippen molar-refractivity contribution in [3.63, 3.8) is 0 Å². The topological polar surface area (TPSA) is 82.4 Å². The van der Waals surface area contributed by atoms with Gasteiger partial charge in [0, 0.05) is 57.4 Å². The van der Waals surface area contributed by atoms with Crippen LogP contribution in [0, 0.1) is 0 Å². The van der Waals surface area contributed by atoms with E-state index in [1.165, 1.54) is 5.01 Å². The number of nitrogens with zero attached hydrogens (tertiary/aromatic N) is 5. The summed E-state index contributed by atoms with van der Waals surface area (Å²) in [5.41, 5.74) is 2.75. The van der Waals surface area contributed by atoms with Gasteiger partial charge in [-0.25, -0.2) is 9.80 Å². The van der Waals surface area contributed by atoms with E-state index >= 15 is 0 Å². The number of hydrogen-bond acceptors (Lipinski definition) is 5. The van der Waals surface area contributed by atoms with Crippen molar-refractivity contribution >= 4 is 29.3 Å². The standard InChI is InChI=1S/C25H33ClN6O3/c1-3-27-25(34)31(12-11-30-13-15-35-16-14-30)18-24(33)32-23(19-6-8-20(26)9-7-19)17-21(28-32)22-5-4-10-29(22)2/h4-10,23H,3,11-18H2,1-2H3,(H,27,34)/t23-/m1/s1. The lowest BCUT2D eigenvalue weighted by Crippen LogP contribution is -2.49. The molecule has 2 aliphatic heterocycles. The van der Waals surface area contributed by atoms with Crippen molar-refractivity contribution < 1.29 is 14.3 Å². The Labute approximate surface area is 211 Å². The summed E-state index contributed by atoms with van der Waals surface area (Å²) in [5, 5.41) is 9.75. The zero-order chi connectivity index (χ0) is 24.8. The first-order chi connectivity index (χ1) is 17.0. The van der Waals surface area contributed by atoms with Gasteiger partial charge in [0.2, 0.25) is 0 Å². The lowest BCUT2D eigenvalue weighted by atomic mass is 10.0. The number of rotatable bonds is 8. The Morgan fingerprint density at radius 1 is 1.20 bits per heavy atom. The van der Waals surface area contributed by atoms with Crippen LogP contribution in [0.25, 0.3) is 0 Å². The van der Waals surface area contributed by atoms with Gasteiger partial charge in [-0.15, -0.1) is 0 Å². The molecule has 1 aromatic carbocycles. The number of urea groups is 1. The van der Waals surface area contributed by atoms with Crippen LogP contribution in [0.5, 0.6) is 0 Å². The molecule has 0 bridgehead atoms. The largest absolute Gasteiger partial charge is 0.379 e. The number of halogens is 1. The molecule has 9 nitrogen and oxygen atoms in total. The molecule has 188 valence electrons. The maximum absolute atomic E-state index is 13.6. The van der Waals surface area contributed by atoms with Gasteiger partial charge in [0.05, 0.1) is 30.7 Å². The van der Waals surface area contributed by atoms with Crippen molar-refractivity contribution in [1.29, 1.82) is 0 Å². The lowest BCUT2D eigenvalue weighted by molar-refractivity contribution is -0.133. The molecule has 3 heterocycles. The van der Waals surface area contributed by atoms with Gasteiger partial charge in [-0.2, -0.15) is 5.10 Å². The normalized spacial score (nSPS) is 18.4. The number of benzene rings is 1. The molecule has 10 heteroatoms.